The van der Waals surface area contributed by atoms with E-state index in [1.165, 1.54) is 15.9 Å². The second kappa shape index (κ2) is 7.56. The number of imidazole rings is 1. The third kappa shape index (κ3) is 3.22. The molecular weight excluding hydrogens is 482 g/mol. The van der Waals surface area contributed by atoms with Gasteiger partial charge in [-0.2, -0.15) is 0 Å². The maximum absolute atomic E-state index is 13.1. The topological polar surface area (TPSA) is 148 Å². The van der Waals surface area contributed by atoms with E-state index >= 15 is 0 Å². The molecule has 2 fully saturated rings. The third-order valence-corrected chi connectivity index (χ3v) is 7.21. The highest BCUT2D eigenvalue weighted by Gasteiger charge is 2.61. The summed E-state index contributed by atoms with van der Waals surface area (Å²) in [5.41, 5.74) is 0. The monoisotopic (exact) mass is 497 g/mol. The molecule has 11 nitrogen and oxygen atoms in total. The standard InChI is InChI=1S/C17H16BrN5O6S/c1-7-19-6-10(23(28)29)21(7)4-5-22-15(24)11-12(16(22)25)14(17(26)27)20-13(11)8-2-3-9(18)30-8/h2-3,6,11-14,20H,4-5H2,1H3,(H,26,27). The number of hydrogen-bond acceptors (Lipinski definition) is 8. The Bertz CT molecular complexity index is 1070. The summed E-state index contributed by atoms with van der Waals surface area (Å²) in [7, 11) is 0. The van der Waals surface area contributed by atoms with Crippen LogP contribution in [0.25, 0.3) is 0 Å². The summed E-state index contributed by atoms with van der Waals surface area (Å²) in [6.45, 7) is 1.49. The number of nitro groups is 1. The first-order valence-electron chi connectivity index (χ1n) is 8.96. The van der Waals surface area contributed by atoms with Gasteiger partial charge in [0, 0.05) is 11.8 Å². The van der Waals surface area contributed by atoms with Gasteiger partial charge in [-0.05, 0) is 33.0 Å². The summed E-state index contributed by atoms with van der Waals surface area (Å²) in [5, 5.41) is 23.7. The number of aromatic nitrogens is 2. The Labute approximate surface area is 182 Å². The van der Waals surface area contributed by atoms with E-state index in [1.54, 1.807) is 19.1 Å². The lowest BCUT2D eigenvalue weighted by Crippen LogP contribution is -2.43. The summed E-state index contributed by atoms with van der Waals surface area (Å²) in [5.74, 6) is -3.99. The van der Waals surface area contributed by atoms with Crippen LogP contribution in [0.3, 0.4) is 0 Å². The van der Waals surface area contributed by atoms with Gasteiger partial charge in [-0.1, -0.05) is 0 Å². The number of aryl methyl sites for hydroxylation is 1. The molecule has 2 saturated heterocycles. The number of aliphatic carboxylic acids is 1. The van der Waals surface area contributed by atoms with Crippen LogP contribution in [0.4, 0.5) is 5.82 Å². The van der Waals surface area contributed by atoms with Gasteiger partial charge in [0.15, 0.2) is 5.82 Å². The Morgan fingerprint density at radius 3 is 2.63 bits per heavy atom. The van der Waals surface area contributed by atoms with Gasteiger partial charge in [0.25, 0.3) is 0 Å². The zero-order chi connectivity index (χ0) is 21.7. The molecule has 0 aliphatic carbocycles. The van der Waals surface area contributed by atoms with Crippen molar-refractivity contribution < 1.29 is 24.4 Å². The van der Waals surface area contributed by atoms with E-state index in [9.17, 15) is 29.6 Å². The third-order valence-electron chi connectivity index (χ3n) is 5.50. The number of imide groups is 1. The zero-order valence-electron chi connectivity index (χ0n) is 15.5. The highest BCUT2D eigenvalue weighted by Crippen LogP contribution is 2.46. The molecule has 2 aromatic rings. The first-order chi connectivity index (χ1) is 14.2. The van der Waals surface area contributed by atoms with Gasteiger partial charge in [0.2, 0.25) is 11.8 Å². The average molecular weight is 498 g/mol. The number of nitrogens with zero attached hydrogens (tertiary/aromatic N) is 4. The minimum absolute atomic E-state index is 0.000546. The lowest BCUT2D eigenvalue weighted by molar-refractivity contribution is -0.392. The van der Waals surface area contributed by atoms with Crippen molar-refractivity contribution in [3.05, 3.63) is 42.9 Å². The Morgan fingerprint density at radius 2 is 2.03 bits per heavy atom. The molecule has 158 valence electrons. The first kappa shape index (κ1) is 20.6. The van der Waals surface area contributed by atoms with E-state index in [0.717, 1.165) is 19.8 Å². The van der Waals surface area contributed by atoms with Crippen LogP contribution < -0.4 is 5.32 Å². The molecule has 30 heavy (non-hydrogen) atoms. The van der Waals surface area contributed by atoms with Crippen molar-refractivity contribution >= 4 is 50.9 Å². The molecule has 13 heteroatoms. The number of hydrogen-bond donors (Lipinski definition) is 2. The molecule has 4 atom stereocenters. The highest BCUT2D eigenvalue weighted by atomic mass is 79.9. The van der Waals surface area contributed by atoms with Gasteiger partial charge < -0.3 is 15.2 Å². The Balaban J connectivity index is 1.61. The first-order valence-corrected chi connectivity index (χ1v) is 10.6. The lowest BCUT2D eigenvalue weighted by Gasteiger charge is -2.20. The van der Waals surface area contributed by atoms with Crippen molar-refractivity contribution in [2.45, 2.75) is 25.6 Å². The molecule has 2 N–H and O–H groups in total. The minimum atomic E-state index is -1.20. The summed E-state index contributed by atoms with van der Waals surface area (Å²) >= 11 is 4.72. The van der Waals surface area contributed by atoms with Crippen molar-refractivity contribution in [1.82, 2.24) is 19.8 Å². The lowest BCUT2D eigenvalue weighted by atomic mass is 9.89. The molecule has 0 aromatic carbocycles. The van der Waals surface area contributed by atoms with Crippen LogP contribution in [0.2, 0.25) is 0 Å². The Hall–Kier alpha value is -2.64. The van der Waals surface area contributed by atoms with Crippen LogP contribution in [-0.2, 0) is 20.9 Å². The van der Waals surface area contributed by atoms with Crippen molar-refractivity contribution in [2.75, 3.05) is 6.54 Å². The second-order valence-corrected chi connectivity index (χ2v) is 9.55. The maximum atomic E-state index is 13.1. The van der Waals surface area contributed by atoms with Crippen LogP contribution in [0, 0.1) is 28.9 Å². The molecule has 0 spiro atoms. The van der Waals surface area contributed by atoms with Gasteiger partial charge in [-0.3, -0.25) is 24.6 Å². The molecule has 4 rings (SSSR count). The second-order valence-electron chi connectivity index (χ2n) is 7.05. The number of likely N-dealkylation sites (tertiary alicyclic amines) is 1. The summed E-state index contributed by atoms with van der Waals surface area (Å²) in [6.07, 6.45) is 1.12. The fraction of sp³-hybridized carbons (Fsp3) is 0.412. The van der Waals surface area contributed by atoms with E-state index in [0.29, 0.717) is 5.82 Å². The van der Waals surface area contributed by atoms with Crippen molar-refractivity contribution in [1.29, 1.82) is 0 Å². The number of fused-ring (bicyclic) bond motifs is 1. The predicted molar refractivity (Wildman–Crippen MR) is 107 cm³/mol. The molecular formula is C17H16BrN5O6S. The fourth-order valence-electron chi connectivity index (χ4n) is 4.15. The Morgan fingerprint density at radius 1 is 1.33 bits per heavy atom. The van der Waals surface area contributed by atoms with E-state index in [1.807, 2.05) is 0 Å². The van der Waals surface area contributed by atoms with Crippen molar-refractivity contribution in [3.63, 3.8) is 0 Å². The molecule has 0 saturated carbocycles. The van der Waals surface area contributed by atoms with Gasteiger partial charge in [0.05, 0.1) is 28.2 Å². The number of carboxylic acid groups (broad SMARTS) is 1. The van der Waals surface area contributed by atoms with Crippen molar-refractivity contribution in [2.24, 2.45) is 11.8 Å². The van der Waals surface area contributed by atoms with Crippen LogP contribution in [0.1, 0.15) is 16.7 Å². The molecule has 2 amide bonds. The van der Waals surface area contributed by atoms with Gasteiger partial charge >= 0.3 is 11.8 Å². The number of thiophene rings is 1. The predicted octanol–water partition coefficient (Wildman–Crippen LogP) is 1.32. The van der Waals surface area contributed by atoms with Crippen LogP contribution >= 0.6 is 27.3 Å². The SMILES string of the molecule is Cc1ncc([N+](=O)[O-])n1CCN1C(=O)C2C(C(=O)O)NC(c3ccc(Br)s3)C2C1=O. The molecule has 2 aliphatic rings. The molecule has 4 unspecified atom stereocenters. The fourth-order valence-corrected chi connectivity index (χ4v) is 5.69. The van der Waals surface area contributed by atoms with Crippen LogP contribution in [0.15, 0.2) is 22.1 Å². The zero-order valence-corrected chi connectivity index (χ0v) is 17.9. The normalized spacial score (nSPS) is 25.7. The van der Waals surface area contributed by atoms with E-state index in [4.69, 9.17) is 0 Å². The number of nitrogens with one attached hydrogen (secondary N) is 1. The largest absolute Gasteiger partial charge is 0.480 e. The smallest absolute Gasteiger partial charge is 0.342 e. The number of carbonyl (C=O) groups is 3. The van der Waals surface area contributed by atoms with E-state index < -0.39 is 46.6 Å². The Kier molecular flexibility index (Phi) is 5.20. The van der Waals surface area contributed by atoms with E-state index in [2.05, 4.69) is 26.2 Å². The quantitative estimate of drug-likeness (QED) is 0.344. The molecule has 0 bridgehead atoms. The molecule has 2 aliphatic heterocycles. The number of carboxylic acids is 1. The summed E-state index contributed by atoms with van der Waals surface area (Å²) in [6, 6.07) is 1.79. The van der Waals surface area contributed by atoms with Crippen LogP contribution in [-0.4, -0.2) is 54.9 Å². The number of rotatable bonds is 6. The number of halogens is 1. The van der Waals surface area contributed by atoms with E-state index in [-0.39, 0.29) is 18.9 Å². The van der Waals surface area contributed by atoms with Gasteiger partial charge in [-0.25, -0.2) is 9.55 Å². The summed E-state index contributed by atoms with van der Waals surface area (Å²) in [4.78, 5) is 54.1. The average Bonchev–Trinajstić information content (AvgIpc) is 3.41. The summed E-state index contributed by atoms with van der Waals surface area (Å²) < 4.78 is 2.14. The number of amides is 2. The highest BCUT2D eigenvalue weighted by molar-refractivity contribution is 9.11. The van der Waals surface area contributed by atoms with Crippen LogP contribution in [0.5, 0.6) is 0 Å². The maximum Gasteiger partial charge on any atom is 0.342 e. The molecule has 2 aromatic heterocycles. The molecule has 0 radical (unpaired) electrons. The number of carbonyl (C=O) groups excluding carboxylic acids is 2. The van der Waals surface area contributed by atoms with Gasteiger partial charge in [0.1, 0.15) is 18.8 Å². The molecule has 4 heterocycles. The van der Waals surface area contributed by atoms with Crippen molar-refractivity contribution in [3.8, 4) is 0 Å². The van der Waals surface area contributed by atoms with Gasteiger partial charge in [-0.15, -0.1) is 11.3 Å². The minimum Gasteiger partial charge on any atom is -0.480 e.